The molecule has 1 saturated carbocycles. The maximum Gasteiger partial charge on any atom is 0.0554 e. The lowest BCUT2D eigenvalue weighted by atomic mass is 9.88. The Labute approximate surface area is 87.4 Å². The molecule has 1 aliphatic heterocycles. The Kier molecular flexibility index (Phi) is 3.13. The molecule has 2 aliphatic rings. The third-order valence-corrected chi connectivity index (χ3v) is 3.86. The Balaban J connectivity index is 1.68. The lowest BCUT2D eigenvalue weighted by Crippen LogP contribution is -2.50. The van der Waals surface area contributed by atoms with E-state index in [0.717, 1.165) is 25.7 Å². The summed E-state index contributed by atoms with van der Waals surface area (Å²) in [7, 11) is 0. The van der Waals surface area contributed by atoms with Gasteiger partial charge in [0.05, 0.1) is 13.2 Å². The summed E-state index contributed by atoms with van der Waals surface area (Å²) in [5, 5.41) is 3.69. The van der Waals surface area contributed by atoms with Gasteiger partial charge >= 0.3 is 0 Å². The predicted octanol–water partition coefficient (Wildman–Crippen LogP) is 2.19. The summed E-state index contributed by atoms with van der Waals surface area (Å²) in [6.45, 7) is 7.67. The molecule has 0 unspecified atom stereocenters. The minimum Gasteiger partial charge on any atom is -0.380 e. The van der Waals surface area contributed by atoms with E-state index in [-0.39, 0.29) is 0 Å². The zero-order valence-corrected chi connectivity index (χ0v) is 9.51. The monoisotopic (exact) mass is 197 g/mol. The van der Waals surface area contributed by atoms with Crippen LogP contribution in [0.15, 0.2) is 0 Å². The van der Waals surface area contributed by atoms with Crippen molar-refractivity contribution < 1.29 is 4.74 Å². The first-order chi connectivity index (χ1) is 6.70. The lowest BCUT2D eigenvalue weighted by molar-refractivity contribution is -0.100. The highest BCUT2D eigenvalue weighted by atomic mass is 16.5. The van der Waals surface area contributed by atoms with E-state index in [2.05, 4.69) is 19.2 Å². The molecule has 0 aromatic carbocycles. The van der Waals surface area contributed by atoms with Gasteiger partial charge < -0.3 is 10.1 Å². The van der Waals surface area contributed by atoms with Gasteiger partial charge in [0, 0.05) is 18.0 Å². The largest absolute Gasteiger partial charge is 0.380 e. The minimum atomic E-state index is 0.423. The van der Waals surface area contributed by atoms with Crippen LogP contribution in [0, 0.1) is 11.3 Å². The zero-order valence-electron chi connectivity index (χ0n) is 9.51. The Bertz CT molecular complexity index is 183. The van der Waals surface area contributed by atoms with Crippen LogP contribution in [0.5, 0.6) is 0 Å². The first-order valence-electron chi connectivity index (χ1n) is 6.01. The van der Waals surface area contributed by atoms with Gasteiger partial charge in [-0.2, -0.15) is 0 Å². The van der Waals surface area contributed by atoms with E-state index in [0.29, 0.717) is 11.5 Å². The fourth-order valence-electron chi connectivity index (χ4n) is 2.58. The quantitative estimate of drug-likeness (QED) is 0.746. The van der Waals surface area contributed by atoms with Gasteiger partial charge in [0.15, 0.2) is 0 Å². The molecule has 1 N–H and O–H groups in total. The van der Waals surface area contributed by atoms with Gasteiger partial charge in [0.2, 0.25) is 0 Å². The van der Waals surface area contributed by atoms with Crippen LogP contribution in [-0.2, 0) is 4.74 Å². The molecule has 82 valence electrons. The van der Waals surface area contributed by atoms with Crippen molar-refractivity contribution in [3.05, 3.63) is 0 Å². The van der Waals surface area contributed by atoms with Crippen molar-refractivity contribution in [1.29, 1.82) is 0 Å². The third kappa shape index (κ3) is 2.29. The summed E-state index contributed by atoms with van der Waals surface area (Å²) < 4.78 is 5.26. The maximum absolute atomic E-state index is 5.26. The zero-order chi connectivity index (χ0) is 10.0. The van der Waals surface area contributed by atoms with E-state index >= 15 is 0 Å². The number of nitrogens with one attached hydrogen (secondary N) is 1. The standard InChI is InChI=1S/C12H23NO/c1-10(11-5-3-4-6-11)13-7-12(2)8-14-9-12/h10-11,13H,3-9H2,1-2H3/t10-/m1/s1. The van der Waals surface area contributed by atoms with Crippen LogP contribution in [0.4, 0.5) is 0 Å². The van der Waals surface area contributed by atoms with Crippen molar-refractivity contribution in [1.82, 2.24) is 5.32 Å². The SMILES string of the molecule is C[C@@H](NCC1(C)COC1)C1CCCC1. The van der Waals surface area contributed by atoms with Gasteiger partial charge in [-0.05, 0) is 25.7 Å². The molecule has 0 amide bonds. The van der Waals surface area contributed by atoms with E-state index in [1.54, 1.807) is 0 Å². The number of rotatable bonds is 4. The minimum absolute atomic E-state index is 0.423. The van der Waals surface area contributed by atoms with E-state index in [9.17, 15) is 0 Å². The Morgan fingerprint density at radius 3 is 2.50 bits per heavy atom. The smallest absolute Gasteiger partial charge is 0.0554 e. The van der Waals surface area contributed by atoms with Gasteiger partial charge in [0.1, 0.15) is 0 Å². The number of hydrogen-bond donors (Lipinski definition) is 1. The second-order valence-electron chi connectivity index (χ2n) is 5.52. The topological polar surface area (TPSA) is 21.3 Å². The molecule has 0 aromatic rings. The van der Waals surface area contributed by atoms with Gasteiger partial charge in [-0.1, -0.05) is 19.8 Å². The van der Waals surface area contributed by atoms with Crippen molar-refractivity contribution >= 4 is 0 Å². The van der Waals surface area contributed by atoms with E-state index < -0.39 is 0 Å². The van der Waals surface area contributed by atoms with Crippen LogP contribution in [0.25, 0.3) is 0 Å². The Hall–Kier alpha value is -0.0800. The average molecular weight is 197 g/mol. The van der Waals surface area contributed by atoms with Gasteiger partial charge in [-0.15, -0.1) is 0 Å². The van der Waals surface area contributed by atoms with Gasteiger partial charge in [0.25, 0.3) is 0 Å². The molecule has 0 radical (unpaired) electrons. The molecule has 2 heteroatoms. The fourth-order valence-corrected chi connectivity index (χ4v) is 2.58. The van der Waals surface area contributed by atoms with Crippen LogP contribution >= 0.6 is 0 Å². The lowest BCUT2D eigenvalue weighted by Gasteiger charge is -2.39. The molecule has 2 fully saturated rings. The van der Waals surface area contributed by atoms with Crippen LogP contribution in [0.2, 0.25) is 0 Å². The van der Waals surface area contributed by atoms with Gasteiger partial charge in [-0.3, -0.25) is 0 Å². The molecule has 2 nitrogen and oxygen atoms in total. The van der Waals surface area contributed by atoms with Crippen molar-refractivity contribution in [2.75, 3.05) is 19.8 Å². The summed E-state index contributed by atoms with van der Waals surface area (Å²) in [4.78, 5) is 0. The molecule has 14 heavy (non-hydrogen) atoms. The van der Waals surface area contributed by atoms with Gasteiger partial charge in [-0.25, -0.2) is 0 Å². The fraction of sp³-hybridized carbons (Fsp3) is 1.00. The first-order valence-corrected chi connectivity index (χ1v) is 6.01. The van der Waals surface area contributed by atoms with E-state index in [1.165, 1.54) is 25.7 Å². The molecular formula is C12H23NO. The van der Waals surface area contributed by atoms with Crippen LogP contribution in [-0.4, -0.2) is 25.8 Å². The third-order valence-electron chi connectivity index (χ3n) is 3.86. The Morgan fingerprint density at radius 2 is 2.00 bits per heavy atom. The summed E-state index contributed by atoms with van der Waals surface area (Å²) in [5.41, 5.74) is 0.423. The number of ether oxygens (including phenoxy) is 1. The highest BCUT2D eigenvalue weighted by Crippen LogP contribution is 2.29. The summed E-state index contributed by atoms with van der Waals surface area (Å²) in [6, 6.07) is 0.704. The molecule has 1 aliphatic carbocycles. The van der Waals surface area contributed by atoms with Crippen LogP contribution < -0.4 is 5.32 Å². The molecule has 1 saturated heterocycles. The van der Waals surface area contributed by atoms with Crippen molar-refractivity contribution in [3.8, 4) is 0 Å². The normalized spacial score (nSPS) is 28.7. The molecular weight excluding hydrogens is 174 g/mol. The summed E-state index contributed by atoms with van der Waals surface area (Å²) in [5.74, 6) is 0.930. The molecule has 0 spiro atoms. The second-order valence-corrected chi connectivity index (χ2v) is 5.52. The Morgan fingerprint density at radius 1 is 1.36 bits per heavy atom. The van der Waals surface area contributed by atoms with Crippen molar-refractivity contribution in [2.24, 2.45) is 11.3 Å². The second kappa shape index (κ2) is 4.19. The maximum atomic E-state index is 5.26. The predicted molar refractivity (Wildman–Crippen MR) is 58.3 cm³/mol. The highest BCUT2D eigenvalue weighted by Gasteiger charge is 2.34. The summed E-state index contributed by atoms with van der Waals surface area (Å²) in [6.07, 6.45) is 5.75. The van der Waals surface area contributed by atoms with Crippen LogP contribution in [0.1, 0.15) is 39.5 Å². The van der Waals surface area contributed by atoms with Crippen LogP contribution in [0.3, 0.4) is 0 Å². The summed E-state index contributed by atoms with van der Waals surface area (Å²) >= 11 is 0. The molecule has 1 heterocycles. The molecule has 0 bridgehead atoms. The van der Waals surface area contributed by atoms with Crippen molar-refractivity contribution in [2.45, 2.75) is 45.6 Å². The highest BCUT2D eigenvalue weighted by molar-refractivity contribution is 4.86. The molecule has 2 rings (SSSR count). The van der Waals surface area contributed by atoms with E-state index in [4.69, 9.17) is 4.74 Å². The number of hydrogen-bond acceptors (Lipinski definition) is 2. The molecule has 1 atom stereocenters. The van der Waals surface area contributed by atoms with Crippen molar-refractivity contribution in [3.63, 3.8) is 0 Å². The average Bonchev–Trinajstić information content (AvgIpc) is 2.63. The molecule has 0 aromatic heterocycles. The first kappa shape index (κ1) is 10.4. The van der Waals surface area contributed by atoms with E-state index in [1.807, 2.05) is 0 Å².